The summed E-state index contributed by atoms with van der Waals surface area (Å²) < 4.78 is 2.44. The highest BCUT2D eigenvalue weighted by molar-refractivity contribution is 5.94. The summed E-state index contributed by atoms with van der Waals surface area (Å²) in [6, 6.07) is 14.9. The minimum atomic E-state index is 0.748. The number of fused-ring (bicyclic) bond motifs is 4. The number of hydrogen-bond donors (Lipinski definition) is 0. The number of hydrogen-bond acceptors (Lipinski definition) is 0. The minimum absolute atomic E-state index is 0.748. The van der Waals surface area contributed by atoms with Crippen LogP contribution in [0.5, 0.6) is 0 Å². The summed E-state index contributed by atoms with van der Waals surface area (Å²) in [5, 5.41) is 2.85. The summed E-state index contributed by atoms with van der Waals surface area (Å²) in [4.78, 5) is 0. The second kappa shape index (κ2) is 8.26. The van der Waals surface area contributed by atoms with Crippen molar-refractivity contribution in [3.05, 3.63) is 64.3 Å². The van der Waals surface area contributed by atoms with Gasteiger partial charge in [-0.1, -0.05) is 43.9 Å². The Morgan fingerprint density at radius 2 is 1.55 bits per heavy atom. The van der Waals surface area contributed by atoms with Crippen LogP contribution >= 0.6 is 0 Å². The van der Waals surface area contributed by atoms with Gasteiger partial charge in [0.15, 0.2) is 5.69 Å². The number of aromatic nitrogens is 1. The lowest BCUT2D eigenvalue weighted by Gasteiger charge is -2.42. The van der Waals surface area contributed by atoms with Gasteiger partial charge in [0.25, 0.3) is 0 Å². The summed E-state index contributed by atoms with van der Waals surface area (Å²) in [6.07, 6.45) is 12.8. The molecule has 7 rings (SSSR count). The van der Waals surface area contributed by atoms with E-state index in [0.717, 1.165) is 23.7 Å². The lowest BCUT2D eigenvalue weighted by molar-refractivity contribution is -0.665. The molecule has 4 aliphatic carbocycles. The number of aryl methyl sites for hydroxylation is 2. The first-order chi connectivity index (χ1) is 16.0. The molecule has 1 atom stereocenters. The van der Waals surface area contributed by atoms with E-state index in [1.165, 1.54) is 96.6 Å². The van der Waals surface area contributed by atoms with E-state index in [2.05, 4.69) is 68.8 Å². The fraction of sp³-hybridized carbons (Fsp3) is 0.531. The molecule has 0 saturated heterocycles. The molecule has 2 bridgehead atoms. The maximum atomic E-state index is 2.56. The Bertz CT molecular complexity index is 1210. The van der Waals surface area contributed by atoms with Crippen LogP contribution in [-0.4, -0.2) is 0 Å². The highest BCUT2D eigenvalue weighted by Crippen LogP contribution is 2.50. The van der Waals surface area contributed by atoms with Crippen molar-refractivity contribution in [3.8, 4) is 11.3 Å². The summed E-state index contributed by atoms with van der Waals surface area (Å²) in [6.45, 7) is 6.91. The van der Waals surface area contributed by atoms with Gasteiger partial charge in [-0.2, -0.15) is 4.57 Å². The fourth-order valence-electron chi connectivity index (χ4n) is 7.57. The van der Waals surface area contributed by atoms with Gasteiger partial charge < -0.3 is 0 Å². The molecule has 0 aliphatic heterocycles. The zero-order valence-electron chi connectivity index (χ0n) is 21.1. The summed E-state index contributed by atoms with van der Waals surface area (Å²) in [5.41, 5.74) is 10.2. The number of rotatable bonds is 3. The molecular formula is C32H40N+. The lowest BCUT2D eigenvalue weighted by Crippen LogP contribution is -2.35. The standard InChI is InChI=1S/C32H40N/c1-20-15-27(24-7-5-6-8-24)19-30(22(20)3)32-29-14-13-26(18-28(29)16-21(2)33(32)4)31-17-23-9-11-25(31)12-10-23/h13-16,18-19,23-25,31H,5-12,17H2,1-4H3/q+1. The van der Waals surface area contributed by atoms with E-state index in [4.69, 9.17) is 0 Å². The third-order valence-corrected chi connectivity index (χ3v) is 9.81. The number of pyridine rings is 1. The van der Waals surface area contributed by atoms with Crippen LogP contribution in [0.25, 0.3) is 22.0 Å². The van der Waals surface area contributed by atoms with E-state index in [9.17, 15) is 0 Å². The topological polar surface area (TPSA) is 3.88 Å². The van der Waals surface area contributed by atoms with Crippen molar-refractivity contribution >= 4 is 10.8 Å². The Morgan fingerprint density at radius 1 is 0.788 bits per heavy atom. The molecule has 0 spiro atoms. The van der Waals surface area contributed by atoms with Crippen LogP contribution in [0.15, 0.2) is 36.4 Å². The van der Waals surface area contributed by atoms with E-state index in [0.29, 0.717) is 0 Å². The predicted molar refractivity (Wildman–Crippen MR) is 139 cm³/mol. The normalized spacial score (nSPS) is 25.3. The lowest BCUT2D eigenvalue weighted by atomic mass is 9.63. The monoisotopic (exact) mass is 438 g/mol. The molecule has 0 amide bonds. The maximum Gasteiger partial charge on any atom is 0.220 e. The highest BCUT2D eigenvalue weighted by Gasteiger charge is 2.36. The maximum absolute atomic E-state index is 2.56. The minimum Gasteiger partial charge on any atom is -0.198 e. The molecule has 2 aromatic carbocycles. The van der Waals surface area contributed by atoms with Gasteiger partial charge in [-0.15, -0.1) is 0 Å². The summed E-state index contributed by atoms with van der Waals surface area (Å²) >= 11 is 0. The first-order valence-electron chi connectivity index (χ1n) is 13.5. The first kappa shape index (κ1) is 21.4. The second-order valence-corrected chi connectivity index (χ2v) is 11.7. The Kier molecular flexibility index (Phi) is 5.35. The Morgan fingerprint density at radius 3 is 2.24 bits per heavy atom. The van der Waals surface area contributed by atoms with Gasteiger partial charge in [0, 0.05) is 13.0 Å². The quantitative estimate of drug-likeness (QED) is 0.363. The van der Waals surface area contributed by atoms with Crippen LogP contribution in [0.4, 0.5) is 0 Å². The van der Waals surface area contributed by atoms with Gasteiger partial charge in [0.2, 0.25) is 5.69 Å². The smallest absolute Gasteiger partial charge is 0.198 e. The van der Waals surface area contributed by atoms with Crippen molar-refractivity contribution in [1.82, 2.24) is 0 Å². The predicted octanol–water partition coefficient (Wildman–Crippen LogP) is 8.21. The third kappa shape index (κ3) is 3.63. The Hall–Kier alpha value is -2.15. The first-order valence-corrected chi connectivity index (χ1v) is 13.5. The summed E-state index contributed by atoms with van der Waals surface area (Å²) in [5.74, 6) is 3.43. The van der Waals surface area contributed by atoms with Gasteiger partial charge >= 0.3 is 0 Å². The highest BCUT2D eigenvalue weighted by atomic mass is 14.9. The molecular weight excluding hydrogens is 398 g/mol. The molecule has 0 radical (unpaired) electrons. The Balaban J connectivity index is 1.50. The van der Waals surface area contributed by atoms with Crippen molar-refractivity contribution in [2.24, 2.45) is 18.9 Å². The zero-order valence-corrected chi connectivity index (χ0v) is 21.1. The molecule has 1 heteroatoms. The molecule has 4 aliphatic rings. The SMILES string of the molecule is Cc1cc(C2CCCC2)cc(-c2c3ccc(C4CC5CCC4CC5)cc3cc(C)[n+]2C)c1C. The van der Waals surface area contributed by atoms with Crippen LogP contribution in [0.1, 0.15) is 97.6 Å². The number of benzene rings is 2. The molecule has 4 saturated carbocycles. The van der Waals surface area contributed by atoms with Crippen molar-refractivity contribution in [2.75, 3.05) is 0 Å². The van der Waals surface area contributed by atoms with Crippen LogP contribution in [-0.2, 0) is 7.05 Å². The Labute approximate surface area is 200 Å². The van der Waals surface area contributed by atoms with E-state index in [1.807, 2.05) is 0 Å². The largest absolute Gasteiger partial charge is 0.220 e. The average molecular weight is 439 g/mol. The third-order valence-electron chi connectivity index (χ3n) is 9.81. The van der Waals surface area contributed by atoms with Gasteiger partial charge in [-0.25, -0.2) is 0 Å². The van der Waals surface area contributed by atoms with Crippen molar-refractivity contribution in [1.29, 1.82) is 0 Å². The van der Waals surface area contributed by atoms with Crippen molar-refractivity contribution in [2.45, 2.75) is 90.4 Å². The molecule has 1 nitrogen and oxygen atoms in total. The van der Waals surface area contributed by atoms with Crippen LogP contribution in [0, 0.1) is 32.6 Å². The number of nitrogens with zero attached hydrogens (tertiary/aromatic N) is 1. The van der Waals surface area contributed by atoms with E-state index in [-0.39, 0.29) is 0 Å². The molecule has 1 unspecified atom stereocenters. The molecule has 1 aromatic heterocycles. The van der Waals surface area contributed by atoms with E-state index < -0.39 is 0 Å². The average Bonchev–Trinajstić information content (AvgIpc) is 3.37. The van der Waals surface area contributed by atoms with Gasteiger partial charge in [-0.3, -0.25) is 0 Å². The molecule has 33 heavy (non-hydrogen) atoms. The van der Waals surface area contributed by atoms with Crippen molar-refractivity contribution < 1.29 is 4.57 Å². The molecule has 3 aromatic rings. The van der Waals surface area contributed by atoms with Crippen LogP contribution in [0.2, 0.25) is 0 Å². The molecule has 1 heterocycles. The fourth-order valence-corrected chi connectivity index (χ4v) is 7.57. The van der Waals surface area contributed by atoms with Gasteiger partial charge in [-0.05, 0) is 109 Å². The van der Waals surface area contributed by atoms with Crippen LogP contribution < -0.4 is 4.57 Å². The zero-order chi connectivity index (χ0) is 22.7. The second-order valence-electron chi connectivity index (χ2n) is 11.7. The summed E-state index contributed by atoms with van der Waals surface area (Å²) in [7, 11) is 2.26. The van der Waals surface area contributed by atoms with E-state index in [1.54, 1.807) is 11.1 Å². The van der Waals surface area contributed by atoms with Gasteiger partial charge in [0.05, 0.1) is 10.9 Å². The van der Waals surface area contributed by atoms with Crippen molar-refractivity contribution in [3.63, 3.8) is 0 Å². The van der Waals surface area contributed by atoms with E-state index >= 15 is 0 Å². The van der Waals surface area contributed by atoms with Gasteiger partial charge in [0.1, 0.15) is 7.05 Å². The molecule has 4 fully saturated rings. The molecule has 172 valence electrons. The molecule has 0 N–H and O–H groups in total. The van der Waals surface area contributed by atoms with Crippen LogP contribution in [0.3, 0.4) is 0 Å².